The van der Waals surface area contributed by atoms with Gasteiger partial charge in [-0.1, -0.05) is 0 Å². The van der Waals surface area contributed by atoms with Crippen LogP contribution < -0.4 is 0 Å². The van der Waals surface area contributed by atoms with Crippen LogP contribution in [-0.4, -0.2) is 15.0 Å². The number of nitrogens with zero attached hydrogens (tertiary/aromatic N) is 3. The molecule has 3 rings (SSSR count). The molecule has 8 heteroatoms. The standard InChI is InChI=1S/C14H7F4N3S/c15-7-1-3-9-10(5-7)20-13(21-12(9)22)14(17,18)11-4-2-8(16)6-19-11/h1-6H,(H,20,21,22). The van der Waals surface area contributed by atoms with Crippen molar-refractivity contribution in [2.45, 2.75) is 10.9 Å². The molecule has 3 nitrogen and oxygen atoms in total. The van der Waals surface area contributed by atoms with Crippen molar-refractivity contribution in [1.82, 2.24) is 15.0 Å². The highest BCUT2D eigenvalue weighted by Gasteiger charge is 2.39. The molecule has 0 aliphatic rings. The Morgan fingerprint density at radius 1 is 0.955 bits per heavy atom. The Balaban J connectivity index is 2.17. The molecule has 3 aromatic rings. The summed E-state index contributed by atoms with van der Waals surface area (Å²) in [5, 5.41) is 0.332. The van der Waals surface area contributed by atoms with Crippen LogP contribution in [0.2, 0.25) is 0 Å². The van der Waals surface area contributed by atoms with Gasteiger partial charge in [-0.2, -0.15) is 8.78 Å². The first-order valence-electron chi connectivity index (χ1n) is 6.04. The van der Waals surface area contributed by atoms with Crippen molar-refractivity contribution < 1.29 is 17.6 Å². The van der Waals surface area contributed by atoms with Crippen LogP contribution in [0.15, 0.2) is 41.6 Å². The predicted molar refractivity (Wildman–Crippen MR) is 73.9 cm³/mol. The van der Waals surface area contributed by atoms with E-state index in [9.17, 15) is 17.6 Å². The smallest absolute Gasteiger partial charge is 0.251 e. The maximum atomic E-state index is 14.4. The second-order valence-corrected chi connectivity index (χ2v) is 4.89. The van der Waals surface area contributed by atoms with Gasteiger partial charge in [0.25, 0.3) is 0 Å². The van der Waals surface area contributed by atoms with Gasteiger partial charge in [-0.15, -0.1) is 12.6 Å². The van der Waals surface area contributed by atoms with Crippen molar-refractivity contribution in [2.24, 2.45) is 0 Å². The zero-order chi connectivity index (χ0) is 15.9. The number of rotatable bonds is 2. The molecule has 0 atom stereocenters. The third-order valence-electron chi connectivity index (χ3n) is 2.97. The van der Waals surface area contributed by atoms with Gasteiger partial charge in [0.15, 0.2) is 0 Å². The van der Waals surface area contributed by atoms with E-state index in [4.69, 9.17) is 0 Å². The van der Waals surface area contributed by atoms with E-state index in [2.05, 4.69) is 27.6 Å². The maximum Gasteiger partial charge on any atom is 0.348 e. The van der Waals surface area contributed by atoms with Gasteiger partial charge in [-0.25, -0.2) is 18.7 Å². The summed E-state index contributed by atoms with van der Waals surface area (Å²) in [7, 11) is 0. The lowest BCUT2D eigenvalue weighted by atomic mass is 10.2. The third-order valence-corrected chi connectivity index (χ3v) is 3.31. The van der Waals surface area contributed by atoms with Gasteiger partial charge < -0.3 is 0 Å². The van der Waals surface area contributed by atoms with Crippen LogP contribution in [0, 0.1) is 11.6 Å². The molecule has 0 fully saturated rings. The minimum absolute atomic E-state index is 0.00298. The summed E-state index contributed by atoms with van der Waals surface area (Å²) in [5.74, 6) is -5.90. The monoisotopic (exact) mass is 325 g/mol. The van der Waals surface area contributed by atoms with Crippen LogP contribution in [0.3, 0.4) is 0 Å². The Hall–Kier alpha value is -2.22. The van der Waals surface area contributed by atoms with Gasteiger partial charge in [0.05, 0.1) is 11.7 Å². The number of benzene rings is 1. The van der Waals surface area contributed by atoms with Crippen molar-refractivity contribution in [3.8, 4) is 0 Å². The molecule has 0 saturated heterocycles. The van der Waals surface area contributed by atoms with Gasteiger partial charge in [0, 0.05) is 11.5 Å². The molecule has 1 aromatic carbocycles. The maximum absolute atomic E-state index is 14.4. The average molecular weight is 325 g/mol. The van der Waals surface area contributed by atoms with E-state index in [1.165, 1.54) is 6.07 Å². The van der Waals surface area contributed by atoms with Crippen molar-refractivity contribution in [1.29, 1.82) is 0 Å². The number of halogens is 4. The fourth-order valence-corrected chi connectivity index (χ4v) is 2.19. The predicted octanol–water partition coefficient (Wildman–Crippen LogP) is 3.73. The first kappa shape index (κ1) is 14.7. The Bertz CT molecular complexity index is 853. The summed E-state index contributed by atoms with van der Waals surface area (Å²) < 4.78 is 54.8. The number of hydrogen-bond donors (Lipinski definition) is 1. The van der Waals surface area contributed by atoms with Gasteiger partial charge in [-0.3, -0.25) is 4.98 Å². The first-order chi connectivity index (χ1) is 10.4. The lowest BCUT2D eigenvalue weighted by molar-refractivity contribution is 0.0277. The highest BCUT2D eigenvalue weighted by atomic mass is 32.1. The molecule has 0 unspecified atom stereocenters. The Morgan fingerprint density at radius 2 is 1.68 bits per heavy atom. The van der Waals surface area contributed by atoms with Crippen LogP contribution >= 0.6 is 12.6 Å². The van der Waals surface area contributed by atoms with Crippen LogP contribution in [0.25, 0.3) is 10.9 Å². The molecule has 0 radical (unpaired) electrons. The van der Waals surface area contributed by atoms with E-state index in [1.807, 2.05) is 0 Å². The van der Waals surface area contributed by atoms with Gasteiger partial charge in [0.2, 0.25) is 5.82 Å². The van der Waals surface area contributed by atoms with Crippen LogP contribution in [0.5, 0.6) is 0 Å². The first-order valence-corrected chi connectivity index (χ1v) is 6.49. The highest BCUT2D eigenvalue weighted by molar-refractivity contribution is 7.80. The fraction of sp³-hybridized carbons (Fsp3) is 0.0714. The van der Waals surface area contributed by atoms with Crippen LogP contribution in [0.1, 0.15) is 11.5 Å². The number of thiol groups is 1. The second-order valence-electron chi connectivity index (χ2n) is 4.47. The molecule has 22 heavy (non-hydrogen) atoms. The number of hydrogen-bond acceptors (Lipinski definition) is 4. The Kier molecular flexibility index (Phi) is 3.48. The molecular formula is C14H7F4N3S. The van der Waals surface area contributed by atoms with Crippen LogP contribution in [0.4, 0.5) is 17.6 Å². The molecule has 0 N–H and O–H groups in total. The summed E-state index contributed by atoms with van der Waals surface area (Å²) in [5.41, 5.74) is -0.714. The minimum Gasteiger partial charge on any atom is -0.251 e. The van der Waals surface area contributed by atoms with E-state index in [1.54, 1.807) is 0 Å². The molecule has 0 amide bonds. The second kappa shape index (κ2) is 5.20. The topological polar surface area (TPSA) is 38.7 Å². The fourth-order valence-electron chi connectivity index (χ4n) is 1.90. The zero-order valence-electron chi connectivity index (χ0n) is 10.8. The molecule has 2 aromatic heterocycles. The van der Waals surface area contributed by atoms with E-state index in [0.717, 1.165) is 24.3 Å². The molecule has 0 saturated carbocycles. The number of aromatic nitrogens is 3. The quantitative estimate of drug-likeness (QED) is 0.443. The normalized spacial score (nSPS) is 11.9. The van der Waals surface area contributed by atoms with Crippen molar-refractivity contribution in [2.75, 3.05) is 0 Å². The summed E-state index contributed by atoms with van der Waals surface area (Å²) in [6.07, 6.45) is 0.672. The van der Waals surface area contributed by atoms with E-state index in [-0.39, 0.29) is 10.5 Å². The highest BCUT2D eigenvalue weighted by Crippen LogP contribution is 2.34. The summed E-state index contributed by atoms with van der Waals surface area (Å²) in [6.45, 7) is 0. The molecule has 0 spiro atoms. The van der Waals surface area contributed by atoms with Crippen molar-refractivity contribution in [3.05, 3.63) is 59.7 Å². The third kappa shape index (κ3) is 2.50. The van der Waals surface area contributed by atoms with Gasteiger partial charge >= 0.3 is 5.92 Å². The molecular weight excluding hydrogens is 318 g/mol. The van der Waals surface area contributed by atoms with Crippen LogP contribution in [-0.2, 0) is 5.92 Å². The van der Waals surface area contributed by atoms with E-state index in [0.29, 0.717) is 11.6 Å². The van der Waals surface area contributed by atoms with E-state index >= 15 is 0 Å². The molecule has 0 aliphatic carbocycles. The summed E-state index contributed by atoms with van der Waals surface area (Å²) in [4.78, 5) is 10.7. The average Bonchev–Trinajstić information content (AvgIpc) is 2.47. The molecule has 0 aliphatic heterocycles. The van der Waals surface area contributed by atoms with Crippen molar-refractivity contribution in [3.63, 3.8) is 0 Å². The lowest BCUT2D eigenvalue weighted by Crippen LogP contribution is -2.21. The summed E-state index contributed by atoms with van der Waals surface area (Å²) >= 11 is 4.03. The summed E-state index contributed by atoms with van der Waals surface area (Å²) in [6, 6.07) is 5.22. The Morgan fingerprint density at radius 3 is 2.36 bits per heavy atom. The minimum atomic E-state index is -3.66. The Labute approximate surface area is 127 Å². The van der Waals surface area contributed by atoms with Crippen molar-refractivity contribution >= 4 is 23.5 Å². The molecule has 0 bridgehead atoms. The van der Waals surface area contributed by atoms with Gasteiger partial charge in [0.1, 0.15) is 22.4 Å². The van der Waals surface area contributed by atoms with Gasteiger partial charge in [-0.05, 0) is 24.3 Å². The largest absolute Gasteiger partial charge is 0.348 e. The number of alkyl halides is 2. The zero-order valence-corrected chi connectivity index (χ0v) is 11.7. The lowest BCUT2D eigenvalue weighted by Gasteiger charge is -2.15. The number of pyridine rings is 1. The molecule has 2 heterocycles. The SMILES string of the molecule is Fc1ccc(C(F)(F)c2nc(S)c3ccc(F)cc3n2)nc1. The number of fused-ring (bicyclic) bond motifs is 1. The molecule has 112 valence electrons. The van der Waals surface area contributed by atoms with E-state index < -0.39 is 29.1 Å².